The molecule has 4 nitrogen and oxygen atoms in total. The molecule has 0 saturated heterocycles. The zero-order chi connectivity index (χ0) is 14.7. The van der Waals surface area contributed by atoms with Crippen LogP contribution in [0.1, 0.15) is 25.2 Å². The van der Waals surface area contributed by atoms with Crippen LogP contribution in [-0.4, -0.2) is 22.0 Å². The highest BCUT2D eigenvalue weighted by atomic mass is 35.5. The summed E-state index contributed by atoms with van der Waals surface area (Å²) in [6, 6.07) is 5.93. The average molecular weight is 294 g/mol. The predicted octanol–water partition coefficient (Wildman–Crippen LogP) is 2.86. The molecule has 108 valence electrons. The number of nitrogens with zero attached hydrogens (tertiary/aromatic N) is 2. The molecule has 0 fully saturated rings. The van der Waals surface area contributed by atoms with Gasteiger partial charge in [0.2, 0.25) is 5.91 Å². The van der Waals surface area contributed by atoms with E-state index in [4.69, 9.17) is 11.6 Å². The summed E-state index contributed by atoms with van der Waals surface area (Å²) in [5, 5.41) is 2.93. The van der Waals surface area contributed by atoms with Crippen molar-refractivity contribution in [1.82, 2.24) is 14.9 Å². The lowest BCUT2D eigenvalue weighted by molar-refractivity contribution is -0.121. The van der Waals surface area contributed by atoms with Gasteiger partial charge in [0.25, 0.3) is 0 Å². The van der Waals surface area contributed by atoms with Gasteiger partial charge in [0.05, 0.1) is 16.9 Å². The van der Waals surface area contributed by atoms with E-state index in [9.17, 15) is 4.79 Å². The normalized spacial score (nSPS) is 11.2. The fourth-order valence-electron chi connectivity index (χ4n) is 2.20. The SMILES string of the molecule is Cc1cccc2nc(CCl)n(CC(=O)NCC(C)C)c12. The molecule has 1 heterocycles. The number of amides is 1. The lowest BCUT2D eigenvalue weighted by Gasteiger charge is -2.11. The summed E-state index contributed by atoms with van der Waals surface area (Å²) in [7, 11) is 0. The van der Waals surface area contributed by atoms with Crippen molar-refractivity contribution in [3.8, 4) is 0 Å². The van der Waals surface area contributed by atoms with Gasteiger partial charge in [0.1, 0.15) is 12.4 Å². The van der Waals surface area contributed by atoms with E-state index in [0.717, 1.165) is 22.4 Å². The molecule has 0 aliphatic rings. The zero-order valence-corrected chi connectivity index (χ0v) is 12.9. The smallest absolute Gasteiger partial charge is 0.240 e. The summed E-state index contributed by atoms with van der Waals surface area (Å²) in [5.41, 5.74) is 2.98. The number of alkyl halides is 1. The quantitative estimate of drug-likeness (QED) is 0.862. The van der Waals surface area contributed by atoms with Gasteiger partial charge in [-0.05, 0) is 24.5 Å². The van der Waals surface area contributed by atoms with E-state index >= 15 is 0 Å². The lowest BCUT2D eigenvalue weighted by atomic mass is 10.2. The topological polar surface area (TPSA) is 46.9 Å². The van der Waals surface area contributed by atoms with Crippen molar-refractivity contribution in [3.63, 3.8) is 0 Å². The number of benzene rings is 1. The van der Waals surface area contributed by atoms with Gasteiger partial charge in [-0.1, -0.05) is 26.0 Å². The molecule has 0 atom stereocenters. The second kappa shape index (κ2) is 6.27. The van der Waals surface area contributed by atoms with Crippen LogP contribution in [0.15, 0.2) is 18.2 Å². The highest BCUT2D eigenvalue weighted by molar-refractivity contribution is 6.16. The molecule has 1 aromatic carbocycles. The lowest BCUT2D eigenvalue weighted by Crippen LogP contribution is -2.31. The van der Waals surface area contributed by atoms with Crippen molar-refractivity contribution in [2.45, 2.75) is 33.2 Å². The molecule has 0 bridgehead atoms. The molecule has 0 saturated carbocycles. The minimum Gasteiger partial charge on any atom is -0.354 e. The van der Waals surface area contributed by atoms with Crippen LogP contribution in [0.25, 0.3) is 11.0 Å². The van der Waals surface area contributed by atoms with Crippen LogP contribution < -0.4 is 5.32 Å². The van der Waals surface area contributed by atoms with Crippen LogP contribution in [-0.2, 0) is 17.2 Å². The standard InChI is InChI=1S/C15H20ClN3O/c1-10(2)8-17-14(20)9-19-13(7-16)18-12-6-4-5-11(3)15(12)19/h4-6,10H,7-9H2,1-3H3,(H,17,20). The Kier molecular flexibility index (Phi) is 4.65. The number of aryl methyl sites for hydroxylation is 1. The maximum absolute atomic E-state index is 12.0. The number of halogens is 1. The van der Waals surface area contributed by atoms with Crippen molar-refractivity contribution in [1.29, 1.82) is 0 Å². The Labute approximate surface area is 124 Å². The third-order valence-electron chi connectivity index (χ3n) is 3.18. The molecule has 0 aliphatic carbocycles. The monoisotopic (exact) mass is 293 g/mol. The zero-order valence-electron chi connectivity index (χ0n) is 12.1. The summed E-state index contributed by atoms with van der Waals surface area (Å²) in [6.07, 6.45) is 0. The van der Waals surface area contributed by atoms with Crippen LogP contribution in [0.3, 0.4) is 0 Å². The Morgan fingerprint density at radius 3 is 2.85 bits per heavy atom. The van der Waals surface area contributed by atoms with Gasteiger partial charge in [-0.25, -0.2) is 4.98 Å². The third-order valence-corrected chi connectivity index (χ3v) is 3.42. The van der Waals surface area contributed by atoms with Gasteiger partial charge in [-0.2, -0.15) is 0 Å². The van der Waals surface area contributed by atoms with E-state index in [0.29, 0.717) is 18.3 Å². The fourth-order valence-corrected chi connectivity index (χ4v) is 2.41. The number of nitrogens with one attached hydrogen (secondary N) is 1. The number of carbonyl (C=O) groups excluding carboxylic acids is 1. The average Bonchev–Trinajstić information content (AvgIpc) is 2.76. The molecule has 0 radical (unpaired) electrons. The molecular formula is C15H20ClN3O. The van der Waals surface area contributed by atoms with E-state index in [1.54, 1.807) is 0 Å². The van der Waals surface area contributed by atoms with Gasteiger partial charge in [0, 0.05) is 6.54 Å². The van der Waals surface area contributed by atoms with Crippen LogP contribution in [0.4, 0.5) is 0 Å². The van der Waals surface area contributed by atoms with Crippen molar-refractivity contribution >= 4 is 28.5 Å². The summed E-state index contributed by atoms with van der Waals surface area (Å²) in [6.45, 7) is 7.10. The molecule has 2 aromatic rings. The van der Waals surface area contributed by atoms with Crippen molar-refractivity contribution in [2.75, 3.05) is 6.54 Å². The number of aromatic nitrogens is 2. The highest BCUT2D eigenvalue weighted by Crippen LogP contribution is 2.21. The van der Waals surface area contributed by atoms with Gasteiger partial charge in [-0.3, -0.25) is 4.79 Å². The number of rotatable bonds is 5. The number of para-hydroxylation sites is 1. The molecule has 0 aliphatic heterocycles. The molecule has 0 unspecified atom stereocenters. The minimum absolute atomic E-state index is 0.00683. The molecule has 1 aromatic heterocycles. The van der Waals surface area contributed by atoms with Gasteiger partial charge in [0.15, 0.2) is 0 Å². The van der Waals surface area contributed by atoms with E-state index in [1.807, 2.05) is 29.7 Å². The van der Waals surface area contributed by atoms with E-state index in [1.165, 1.54) is 0 Å². The molecule has 0 spiro atoms. The number of fused-ring (bicyclic) bond motifs is 1. The Morgan fingerprint density at radius 2 is 2.20 bits per heavy atom. The first-order chi connectivity index (χ1) is 9.52. The van der Waals surface area contributed by atoms with E-state index in [2.05, 4.69) is 24.1 Å². The number of carbonyl (C=O) groups is 1. The molecule has 5 heteroatoms. The molecule has 1 amide bonds. The van der Waals surface area contributed by atoms with Crippen molar-refractivity contribution in [3.05, 3.63) is 29.6 Å². The van der Waals surface area contributed by atoms with Crippen molar-refractivity contribution < 1.29 is 4.79 Å². The first-order valence-electron chi connectivity index (χ1n) is 6.80. The number of hydrogen-bond acceptors (Lipinski definition) is 2. The molecule has 20 heavy (non-hydrogen) atoms. The summed E-state index contributed by atoms with van der Waals surface area (Å²) < 4.78 is 1.91. The largest absolute Gasteiger partial charge is 0.354 e. The van der Waals surface area contributed by atoms with E-state index < -0.39 is 0 Å². The summed E-state index contributed by atoms with van der Waals surface area (Å²) >= 11 is 5.95. The maximum atomic E-state index is 12.0. The van der Waals surface area contributed by atoms with Crippen LogP contribution in [0, 0.1) is 12.8 Å². The predicted molar refractivity (Wildman–Crippen MR) is 81.9 cm³/mol. The van der Waals surface area contributed by atoms with Crippen LogP contribution >= 0.6 is 11.6 Å². The third kappa shape index (κ3) is 3.12. The Morgan fingerprint density at radius 1 is 1.45 bits per heavy atom. The molecular weight excluding hydrogens is 274 g/mol. The molecule has 1 N–H and O–H groups in total. The summed E-state index contributed by atoms with van der Waals surface area (Å²) in [5.74, 6) is 1.46. The van der Waals surface area contributed by atoms with Crippen LogP contribution in [0.2, 0.25) is 0 Å². The van der Waals surface area contributed by atoms with Gasteiger partial charge < -0.3 is 9.88 Å². The van der Waals surface area contributed by atoms with Gasteiger partial charge in [-0.15, -0.1) is 11.6 Å². The second-order valence-electron chi connectivity index (χ2n) is 5.39. The fraction of sp³-hybridized carbons (Fsp3) is 0.467. The van der Waals surface area contributed by atoms with Crippen molar-refractivity contribution in [2.24, 2.45) is 5.92 Å². The van der Waals surface area contributed by atoms with Crippen LogP contribution in [0.5, 0.6) is 0 Å². The first-order valence-corrected chi connectivity index (χ1v) is 7.33. The molecule has 2 rings (SSSR count). The Hall–Kier alpha value is -1.55. The van der Waals surface area contributed by atoms with E-state index in [-0.39, 0.29) is 12.5 Å². The summed E-state index contributed by atoms with van der Waals surface area (Å²) in [4.78, 5) is 16.5. The highest BCUT2D eigenvalue weighted by Gasteiger charge is 2.14. The second-order valence-corrected chi connectivity index (χ2v) is 5.66. The Bertz CT molecular complexity index is 619. The van der Waals surface area contributed by atoms with Gasteiger partial charge >= 0.3 is 0 Å². The number of hydrogen-bond donors (Lipinski definition) is 1. The number of imidazole rings is 1. The Balaban J connectivity index is 2.30. The maximum Gasteiger partial charge on any atom is 0.240 e. The minimum atomic E-state index is -0.00683. The first kappa shape index (κ1) is 14.9.